The largest absolute Gasteiger partial charge is 0.497 e. The molecule has 0 atom stereocenters. The maximum absolute atomic E-state index is 5.34. The van der Waals surface area contributed by atoms with Crippen LogP contribution in [0.5, 0.6) is 5.75 Å². The molecule has 7 heteroatoms. The van der Waals surface area contributed by atoms with Gasteiger partial charge in [0, 0.05) is 35.1 Å². The van der Waals surface area contributed by atoms with Gasteiger partial charge in [-0.25, -0.2) is 9.55 Å². The molecular formula is C25H26N5OS+. The number of ether oxygens (including phenoxy) is 1. The first kappa shape index (κ1) is 21.6. The average molecular weight is 445 g/mol. The Morgan fingerprint density at radius 3 is 2.38 bits per heavy atom. The van der Waals surface area contributed by atoms with Crippen LogP contribution < -0.4 is 14.2 Å². The molecule has 162 valence electrons. The summed E-state index contributed by atoms with van der Waals surface area (Å²) in [5.41, 5.74) is 5.37. The maximum Gasteiger partial charge on any atom is 0.229 e. The van der Waals surface area contributed by atoms with E-state index >= 15 is 0 Å². The van der Waals surface area contributed by atoms with Crippen molar-refractivity contribution in [2.45, 2.75) is 20.4 Å². The standard InChI is InChI=1S/C25H26N5OS/c1-19-10-13-29(14-11-19)15-16-30(21-4-7-23(31-3)8-5-21)22-6-9-24(20(2)18-22)27-28-25-26-12-17-32-25/h4-14,17-18H,15-16H2,1-3H3/q+1/b28-27+. The molecule has 0 aliphatic rings. The average Bonchev–Trinajstić information content (AvgIpc) is 3.34. The van der Waals surface area contributed by atoms with Crippen molar-refractivity contribution in [1.29, 1.82) is 0 Å². The van der Waals surface area contributed by atoms with Crippen LogP contribution in [0.2, 0.25) is 0 Å². The van der Waals surface area contributed by atoms with Crippen LogP contribution in [0.25, 0.3) is 0 Å². The van der Waals surface area contributed by atoms with Gasteiger partial charge < -0.3 is 9.64 Å². The lowest BCUT2D eigenvalue weighted by Gasteiger charge is -2.24. The SMILES string of the molecule is COc1ccc(N(CC[n+]2ccc(C)cc2)c2ccc(/N=N/c3nccs3)c(C)c2)cc1. The Kier molecular flexibility index (Phi) is 6.87. The van der Waals surface area contributed by atoms with E-state index in [0.29, 0.717) is 5.13 Å². The van der Waals surface area contributed by atoms with Crippen LogP contribution in [0.15, 0.2) is 88.8 Å². The lowest BCUT2D eigenvalue weighted by atomic mass is 10.1. The van der Waals surface area contributed by atoms with Gasteiger partial charge in [-0.1, -0.05) is 0 Å². The number of azo groups is 1. The molecule has 0 saturated heterocycles. The molecule has 0 fully saturated rings. The van der Waals surface area contributed by atoms with Crippen LogP contribution in [-0.4, -0.2) is 18.6 Å². The lowest BCUT2D eigenvalue weighted by molar-refractivity contribution is -0.694. The highest BCUT2D eigenvalue weighted by Crippen LogP contribution is 2.31. The number of anilines is 2. The Hall–Kier alpha value is -3.58. The van der Waals surface area contributed by atoms with Crippen molar-refractivity contribution in [3.8, 4) is 5.75 Å². The van der Waals surface area contributed by atoms with E-state index in [-0.39, 0.29) is 0 Å². The number of nitrogens with zero attached hydrogens (tertiary/aromatic N) is 5. The Bertz CT molecular complexity index is 1170. The van der Waals surface area contributed by atoms with Gasteiger partial charge in [0.25, 0.3) is 0 Å². The monoisotopic (exact) mass is 444 g/mol. The summed E-state index contributed by atoms with van der Waals surface area (Å²) in [6, 6.07) is 18.7. The summed E-state index contributed by atoms with van der Waals surface area (Å²) in [7, 11) is 1.68. The van der Waals surface area contributed by atoms with Crippen molar-refractivity contribution in [3.63, 3.8) is 0 Å². The van der Waals surface area contributed by atoms with E-state index in [4.69, 9.17) is 4.74 Å². The molecule has 32 heavy (non-hydrogen) atoms. The van der Waals surface area contributed by atoms with Crippen LogP contribution >= 0.6 is 11.3 Å². The minimum Gasteiger partial charge on any atom is -0.497 e. The van der Waals surface area contributed by atoms with E-state index in [9.17, 15) is 0 Å². The number of rotatable bonds is 8. The molecule has 6 nitrogen and oxygen atoms in total. The second-order valence-corrected chi connectivity index (χ2v) is 8.32. The zero-order chi connectivity index (χ0) is 22.3. The molecule has 2 aromatic heterocycles. The van der Waals surface area contributed by atoms with Gasteiger partial charge in [0.1, 0.15) is 5.75 Å². The zero-order valence-electron chi connectivity index (χ0n) is 18.5. The number of hydrogen-bond donors (Lipinski definition) is 0. The molecule has 0 saturated carbocycles. The molecule has 0 aliphatic carbocycles. The highest BCUT2D eigenvalue weighted by atomic mass is 32.1. The van der Waals surface area contributed by atoms with E-state index in [2.05, 4.69) is 87.3 Å². The lowest BCUT2D eigenvalue weighted by Crippen LogP contribution is -2.38. The zero-order valence-corrected chi connectivity index (χ0v) is 19.3. The molecule has 4 rings (SSSR count). The summed E-state index contributed by atoms with van der Waals surface area (Å²) in [6.45, 7) is 5.83. The number of aryl methyl sites for hydroxylation is 2. The van der Waals surface area contributed by atoms with Gasteiger partial charge >= 0.3 is 0 Å². The number of aromatic nitrogens is 2. The van der Waals surface area contributed by atoms with Crippen molar-refractivity contribution < 1.29 is 9.30 Å². The Balaban J connectivity index is 1.60. The Morgan fingerprint density at radius 2 is 1.72 bits per heavy atom. The third-order valence-corrected chi connectivity index (χ3v) is 5.83. The highest BCUT2D eigenvalue weighted by molar-refractivity contribution is 7.13. The predicted molar refractivity (Wildman–Crippen MR) is 129 cm³/mol. The molecule has 0 unspecified atom stereocenters. The number of hydrogen-bond acceptors (Lipinski definition) is 6. The van der Waals surface area contributed by atoms with Crippen molar-refractivity contribution in [3.05, 3.63) is 89.7 Å². The Morgan fingerprint density at radius 1 is 0.969 bits per heavy atom. The maximum atomic E-state index is 5.34. The molecule has 0 spiro atoms. The van der Waals surface area contributed by atoms with Crippen LogP contribution in [0, 0.1) is 13.8 Å². The summed E-state index contributed by atoms with van der Waals surface area (Å²) in [5, 5.41) is 11.2. The number of benzene rings is 2. The fourth-order valence-corrected chi connectivity index (χ4v) is 3.80. The summed E-state index contributed by atoms with van der Waals surface area (Å²) in [5.74, 6) is 0.843. The first-order chi connectivity index (χ1) is 15.6. The molecule has 0 aliphatic heterocycles. The summed E-state index contributed by atoms with van der Waals surface area (Å²) >= 11 is 1.47. The molecule has 0 radical (unpaired) electrons. The molecule has 2 heterocycles. The second kappa shape index (κ2) is 10.2. The minimum atomic E-state index is 0.656. The van der Waals surface area contributed by atoms with Crippen molar-refractivity contribution in [2.75, 3.05) is 18.6 Å². The van der Waals surface area contributed by atoms with Crippen LogP contribution in [0.4, 0.5) is 22.2 Å². The van der Waals surface area contributed by atoms with Crippen LogP contribution in [0.3, 0.4) is 0 Å². The molecule has 0 amide bonds. The molecule has 4 aromatic rings. The summed E-state index contributed by atoms with van der Waals surface area (Å²) in [6.07, 6.45) is 5.97. The molecule has 2 aromatic carbocycles. The molecule has 0 N–H and O–H groups in total. The molecular weight excluding hydrogens is 418 g/mol. The third kappa shape index (κ3) is 5.36. The highest BCUT2D eigenvalue weighted by Gasteiger charge is 2.14. The smallest absolute Gasteiger partial charge is 0.229 e. The van der Waals surface area contributed by atoms with Gasteiger partial charge in [0.2, 0.25) is 5.13 Å². The number of thiazole rings is 1. The van der Waals surface area contributed by atoms with Gasteiger partial charge in [0.15, 0.2) is 18.9 Å². The molecule has 0 bridgehead atoms. The van der Waals surface area contributed by atoms with Crippen molar-refractivity contribution >= 4 is 33.5 Å². The first-order valence-corrected chi connectivity index (χ1v) is 11.3. The first-order valence-electron chi connectivity index (χ1n) is 10.4. The third-order valence-electron chi connectivity index (χ3n) is 5.18. The van der Waals surface area contributed by atoms with Gasteiger partial charge in [-0.2, -0.15) is 0 Å². The van der Waals surface area contributed by atoms with Gasteiger partial charge in [0.05, 0.1) is 19.3 Å². The van der Waals surface area contributed by atoms with E-state index in [1.165, 1.54) is 16.9 Å². The normalized spacial score (nSPS) is 11.1. The predicted octanol–water partition coefficient (Wildman–Crippen LogP) is 6.31. The fraction of sp³-hybridized carbons (Fsp3) is 0.200. The van der Waals surface area contributed by atoms with Crippen molar-refractivity contribution in [2.24, 2.45) is 10.2 Å². The van der Waals surface area contributed by atoms with E-state index in [1.807, 2.05) is 23.6 Å². The fourth-order valence-electron chi connectivity index (χ4n) is 3.35. The summed E-state index contributed by atoms with van der Waals surface area (Å²) < 4.78 is 7.54. The summed E-state index contributed by atoms with van der Waals surface area (Å²) in [4.78, 5) is 6.46. The topological polar surface area (TPSA) is 54.0 Å². The van der Waals surface area contributed by atoms with Crippen LogP contribution in [-0.2, 0) is 6.54 Å². The quantitative estimate of drug-likeness (QED) is 0.236. The van der Waals surface area contributed by atoms with E-state index in [0.717, 1.165) is 41.5 Å². The van der Waals surface area contributed by atoms with Gasteiger partial charge in [-0.3, -0.25) is 0 Å². The number of methoxy groups -OCH3 is 1. The van der Waals surface area contributed by atoms with Gasteiger partial charge in [-0.15, -0.1) is 21.6 Å². The number of pyridine rings is 1. The van der Waals surface area contributed by atoms with E-state index in [1.54, 1.807) is 13.3 Å². The van der Waals surface area contributed by atoms with E-state index < -0.39 is 0 Å². The second-order valence-electron chi connectivity index (χ2n) is 7.45. The minimum absolute atomic E-state index is 0.656. The van der Waals surface area contributed by atoms with Gasteiger partial charge in [-0.05, 0) is 67.4 Å². The van der Waals surface area contributed by atoms with Crippen LogP contribution in [0.1, 0.15) is 11.1 Å². The van der Waals surface area contributed by atoms with Crippen molar-refractivity contribution in [1.82, 2.24) is 4.98 Å². The Labute approximate surface area is 192 Å².